The van der Waals surface area contributed by atoms with E-state index < -0.39 is 9.84 Å². The highest BCUT2D eigenvalue weighted by atomic mass is 32.2. The molecule has 7 heteroatoms. The second-order valence-corrected chi connectivity index (χ2v) is 8.32. The maximum atomic E-state index is 13.1. The highest BCUT2D eigenvalue weighted by molar-refractivity contribution is 7.91. The average molecular weight is 386 g/mol. The Morgan fingerprint density at radius 1 is 1.04 bits per heavy atom. The van der Waals surface area contributed by atoms with Gasteiger partial charge in [-0.25, -0.2) is 8.42 Å². The molecule has 0 fully saturated rings. The maximum absolute atomic E-state index is 13.1. The molecular weight excluding hydrogens is 364 g/mol. The van der Waals surface area contributed by atoms with Gasteiger partial charge >= 0.3 is 0 Å². The van der Waals surface area contributed by atoms with Crippen molar-refractivity contribution < 1.29 is 17.6 Å². The van der Waals surface area contributed by atoms with Crippen molar-refractivity contribution in [3.63, 3.8) is 0 Å². The van der Waals surface area contributed by atoms with Gasteiger partial charge in [-0.05, 0) is 36.8 Å². The fourth-order valence-electron chi connectivity index (χ4n) is 2.62. The van der Waals surface area contributed by atoms with Gasteiger partial charge in [-0.2, -0.15) is 4.98 Å². The second-order valence-electron chi connectivity index (χ2n) is 6.45. The topological polar surface area (TPSA) is 72.6 Å². The average Bonchev–Trinajstić information content (AvgIpc) is 3.08. The number of methoxy groups -OCH3 is 1. The number of ether oxygens (including phenoxy) is 1. The van der Waals surface area contributed by atoms with E-state index in [1.165, 1.54) is 0 Å². The molecule has 3 aromatic rings. The molecule has 0 saturated heterocycles. The van der Waals surface area contributed by atoms with Crippen LogP contribution in [0.5, 0.6) is 5.75 Å². The van der Waals surface area contributed by atoms with Gasteiger partial charge in [-0.3, -0.25) is 0 Å². The van der Waals surface area contributed by atoms with Crippen molar-refractivity contribution in [1.29, 1.82) is 0 Å². The zero-order valence-corrected chi connectivity index (χ0v) is 16.6. The molecule has 3 rings (SSSR count). The van der Waals surface area contributed by atoms with Crippen molar-refractivity contribution in [2.45, 2.75) is 23.3 Å². The minimum absolute atomic E-state index is 0.0696. The van der Waals surface area contributed by atoms with E-state index in [1.807, 2.05) is 31.2 Å². The van der Waals surface area contributed by atoms with E-state index in [0.717, 1.165) is 16.9 Å². The van der Waals surface area contributed by atoms with Crippen molar-refractivity contribution in [3.05, 3.63) is 65.5 Å². The van der Waals surface area contributed by atoms with Gasteiger partial charge in [-0.1, -0.05) is 29.8 Å². The van der Waals surface area contributed by atoms with Crippen LogP contribution in [0.15, 0.2) is 62.9 Å². The lowest BCUT2D eigenvalue weighted by Gasteiger charge is -2.10. The molecule has 6 nitrogen and oxygen atoms in total. The van der Waals surface area contributed by atoms with Crippen LogP contribution in [-0.4, -0.2) is 34.6 Å². The van der Waals surface area contributed by atoms with Crippen LogP contribution in [0.25, 0.3) is 0 Å². The Morgan fingerprint density at radius 3 is 2.22 bits per heavy atom. The van der Waals surface area contributed by atoms with Crippen LogP contribution in [0, 0.1) is 6.92 Å². The quantitative estimate of drug-likeness (QED) is 0.646. The molecule has 0 aliphatic heterocycles. The van der Waals surface area contributed by atoms with E-state index in [9.17, 15) is 8.42 Å². The Kier molecular flexibility index (Phi) is 5.23. The van der Waals surface area contributed by atoms with Crippen molar-refractivity contribution >= 4 is 15.7 Å². The van der Waals surface area contributed by atoms with Crippen LogP contribution < -0.4 is 9.64 Å². The van der Waals surface area contributed by atoms with Gasteiger partial charge < -0.3 is 14.1 Å². The largest absolute Gasteiger partial charge is 0.497 e. The molecule has 0 radical (unpaired) electrons. The molecule has 0 bridgehead atoms. The summed E-state index contributed by atoms with van der Waals surface area (Å²) in [6, 6.07) is 14.2. The minimum Gasteiger partial charge on any atom is -0.497 e. The third-order valence-corrected chi connectivity index (χ3v) is 5.80. The van der Waals surface area contributed by atoms with E-state index in [4.69, 9.17) is 9.15 Å². The Balaban J connectivity index is 1.98. The van der Waals surface area contributed by atoms with Gasteiger partial charge in [0.05, 0.1) is 12.0 Å². The Morgan fingerprint density at radius 2 is 1.67 bits per heavy atom. The number of oxazole rings is 1. The molecule has 0 spiro atoms. The third-order valence-electron chi connectivity index (χ3n) is 4.13. The summed E-state index contributed by atoms with van der Waals surface area (Å²) in [4.78, 5) is 6.12. The van der Waals surface area contributed by atoms with Crippen molar-refractivity contribution in [1.82, 2.24) is 4.98 Å². The van der Waals surface area contributed by atoms with Gasteiger partial charge in [0, 0.05) is 20.5 Å². The highest BCUT2D eigenvalue weighted by Gasteiger charge is 2.29. The molecule has 27 heavy (non-hydrogen) atoms. The Labute approximate surface area is 159 Å². The lowest BCUT2D eigenvalue weighted by atomic mass is 10.1. The summed E-state index contributed by atoms with van der Waals surface area (Å²) in [6.45, 7) is 1.91. The first kappa shape index (κ1) is 19.0. The van der Waals surface area contributed by atoms with Crippen LogP contribution in [0.2, 0.25) is 0 Å². The van der Waals surface area contributed by atoms with Crippen molar-refractivity contribution in [2.75, 3.05) is 26.1 Å². The highest BCUT2D eigenvalue weighted by Crippen LogP contribution is 2.31. The van der Waals surface area contributed by atoms with Crippen LogP contribution in [-0.2, 0) is 16.3 Å². The van der Waals surface area contributed by atoms with Crippen LogP contribution >= 0.6 is 0 Å². The summed E-state index contributed by atoms with van der Waals surface area (Å²) < 4.78 is 37.0. The van der Waals surface area contributed by atoms with E-state index in [-0.39, 0.29) is 15.8 Å². The number of nitrogens with zero attached hydrogens (tertiary/aromatic N) is 2. The predicted octanol–water partition coefficient (Wildman–Crippen LogP) is 3.48. The third kappa shape index (κ3) is 3.98. The smallest absolute Gasteiger partial charge is 0.235 e. The number of benzene rings is 2. The first-order valence-electron chi connectivity index (χ1n) is 8.43. The van der Waals surface area contributed by atoms with Crippen LogP contribution in [0.1, 0.15) is 17.0 Å². The Hall–Kier alpha value is -2.80. The van der Waals surface area contributed by atoms with Crippen molar-refractivity contribution in [3.8, 4) is 5.75 Å². The summed E-state index contributed by atoms with van der Waals surface area (Å²) in [7, 11) is 1.28. The molecule has 142 valence electrons. The molecule has 0 unspecified atom stereocenters. The molecular formula is C20H22N2O4S. The summed E-state index contributed by atoms with van der Waals surface area (Å²) >= 11 is 0. The molecule has 0 atom stereocenters. The van der Waals surface area contributed by atoms with Gasteiger partial charge in [0.2, 0.25) is 26.6 Å². The minimum atomic E-state index is -3.78. The number of hydrogen-bond acceptors (Lipinski definition) is 6. The Bertz CT molecular complexity index is 1020. The van der Waals surface area contributed by atoms with Gasteiger partial charge in [0.1, 0.15) is 5.75 Å². The molecule has 1 heterocycles. The molecule has 0 N–H and O–H groups in total. The number of aryl methyl sites for hydroxylation is 1. The van der Waals surface area contributed by atoms with Crippen LogP contribution in [0.3, 0.4) is 0 Å². The zero-order chi connectivity index (χ0) is 19.6. The maximum Gasteiger partial charge on any atom is 0.235 e. The fraction of sp³-hybridized carbons (Fsp3) is 0.250. The number of hydrogen-bond donors (Lipinski definition) is 0. The monoisotopic (exact) mass is 386 g/mol. The molecule has 1 aromatic heterocycles. The normalized spacial score (nSPS) is 11.4. The number of rotatable bonds is 6. The van der Waals surface area contributed by atoms with Gasteiger partial charge in [0.25, 0.3) is 0 Å². The zero-order valence-electron chi connectivity index (χ0n) is 15.8. The summed E-state index contributed by atoms with van der Waals surface area (Å²) in [5.74, 6) is 1.32. The lowest BCUT2D eigenvalue weighted by molar-refractivity contribution is 0.414. The number of sulfone groups is 1. The van der Waals surface area contributed by atoms with E-state index in [1.54, 1.807) is 50.4 Å². The molecule has 0 amide bonds. The number of aromatic nitrogens is 1. The molecule has 0 aliphatic rings. The van der Waals surface area contributed by atoms with Gasteiger partial charge in [-0.15, -0.1) is 0 Å². The van der Waals surface area contributed by atoms with E-state index in [2.05, 4.69) is 4.98 Å². The van der Waals surface area contributed by atoms with Gasteiger partial charge in [0.15, 0.2) is 0 Å². The first-order valence-corrected chi connectivity index (χ1v) is 9.91. The SMILES string of the molecule is COc1ccc(Cc2nc(S(=O)(=O)c3ccc(C)cc3)c(N(C)C)o2)cc1. The second kappa shape index (κ2) is 7.44. The summed E-state index contributed by atoms with van der Waals surface area (Å²) in [5, 5.41) is -0.0696. The van der Waals surface area contributed by atoms with E-state index in [0.29, 0.717) is 12.3 Å². The molecule has 2 aromatic carbocycles. The summed E-state index contributed by atoms with van der Waals surface area (Å²) in [6.07, 6.45) is 0.383. The van der Waals surface area contributed by atoms with E-state index >= 15 is 0 Å². The lowest BCUT2D eigenvalue weighted by Crippen LogP contribution is -2.13. The fourth-order valence-corrected chi connectivity index (χ4v) is 4.01. The van der Waals surface area contributed by atoms with Crippen molar-refractivity contribution in [2.24, 2.45) is 0 Å². The number of anilines is 1. The predicted molar refractivity (Wildman–Crippen MR) is 103 cm³/mol. The van der Waals surface area contributed by atoms with Crippen LogP contribution in [0.4, 0.5) is 5.88 Å². The standard InChI is InChI=1S/C20H22N2O4S/c1-14-5-11-17(12-6-14)27(23,24)19-20(22(2)3)26-18(21-19)13-15-7-9-16(25-4)10-8-15/h5-12H,13H2,1-4H3. The molecule has 0 saturated carbocycles. The molecule has 0 aliphatic carbocycles. The first-order chi connectivity index (χ1) is 12.8. The summed E-state index contributed by atoms with van der Waals surface area (Å²) in [5.41, 5.74) is 1.93.